The van der Waals surface area contributed by atoms with Gasteiger partial charge in [-0.1, -0.05) is 0 Å². The van der Waals surface area contributed by atoms with Crippen LogP contribution in [0.25, 0.3) is 0 Å². The van der Waals surface area contributed by atoms with Crippen LogP contribution in [0.1, 0.15) is 0 Å². The Hall–Kier alpha value is 1.80. The van der Waals surface area contributed by atoms with Crippen LogP contribution in [0.15, 0.2) is 0 Å². The van der Waals surface area contributed by atoms with E-state index in [1.54, 1.807) is 0 Å². The first-order valence-corrected chi connectivity index (χ1v) is 4.54. The minimum absolute atomic E-state index is 0. The zero-order valence-corrected chi connectivity index (χ0v) is 15.4. The van der Waals surface area contributed by atoms with Gasteiger partial charge < -0.3 is 19.6 Å². The fourth-order valence-corrected chi connectivity index (χ4v) is 0. The summed E-state index contributed by atoms with van der Waals surface area (Å²) in [6.45, 7) is 0. The Morgan fingerprint density at radius 3 is 0.786 bits per heavy atom. The van der Waals surface area contributed by atoms with Gasteiger partial charge in [0.1, 0.15) is 0 Å². The van der Waals surface area contributed by atoms with Crippen molar-refractivity contribution in [2.75, 3.05) is 0 Å². The van der Waals surface area contributed by atoms with Gasteiger partial charge in [-0.2, -0.15) is 0 Å². The topological polar surface area (TPSA) is 152 Å². The van der Waals surface area contributed by atoms with Gasteiger partial charge in [-0.15, -0.1) is 0 Å². The monoisotopic (exact) mass is 356 g/mol. The molecule has 0 aliphatic rings. The Morgan fingerprint density at radius 2 is 0.786 bits per heavy atom. The SMILES string of the molecule is O=PO.O=PO.O=PO.O=P[O-].[AsH3].[Na+]. The van der Waals surface area contributed by atoms with E-state index in [0.29, 0.717) is 0 Å². The molecule has 0 radical (unpaired) electrons. The van der Waals surface area contributed by atoms with Gasteiger partial charge in [0, 0.05) is 0 Å². The molecular weight excluding hydrogens is 350 g/mol. The molecular formula is H6AsNaO8P4. The van der Waals surface area contributed by atoms with Crippen molar-refractivity contribution in [1.29, 1.82) is 0 Å². The van der Waals surface area contributed by atoms with Gasteiger partial charge in [0.15, 0.2) is 0 Å². The summed E-state index contributed by atoms with van der Waals surface area (Å²) in [5, 5.41) is 0. The molecule has 80 valence electrons. The molecule has 14 heteroatoms. The molecule has 14 heavy (non-hydrogen) atoms. The summed E-state index contributed by atoms with van der Waals surface area (Å²) in [5.74, 6) is 0. The molecule has 1 unspecified atom stereocenters. The van der Waals surface area contributed by atoms with Crippen LogP contribution in [0.2, 0.25) is 0 Å². The van der Waals surface area contributed by atoms with Crippen LogP contribution in [0.3, 0.4) is 0 Å². The molecule has 0 aromatic carbocycles. The third kappa shape index (κ3) is 699. The Labute approximate surface area is 119 Å². The maximum Gasteiger partial charge on any atom is 1.00 e. The van der Waals surface area contributed by atoms with Gasteiger partial charge in [0.05, 0.1) is 8.69 Å². The Bertz CT molecular complexity index is 75.3. The van der Waals surface area contributed by atoms with Crippen molar-refractivity contribution in [3.63, 3.8) is 0 Å². The molecule has 3 N–H and O–H groups in total. The van der Waals surface area contributed by atoms with Crippen LogP contribution in [0.5, 0.6) is 0 Å². The molecule has 0 aromatic heterocycles. The molecule has 1 atom stereocenters. The molecule has 0 aliphatic carbocycles. The van der Waals surface area contributed by atoms with Crippen LogP contribution >= 0.6 is 34.7 Å². The molecule has 0 amide bonds. The normalized spacial score (nSPS) is 6.00. The summed E-state index contributed by atoms with van der Waals surface area (Å²) in [6, 6.07) is 0. The number of hydrogen-bond acceptors (Lipinski definition) is 5. The van der Waals surface area contributed by atoms with E-state index in [0.717, 1.165) is 0 Å². The fourth-order valence-electron chi connectivity index (χ4n) is 0. The van der Waals surface area contributed by atoms with E-state index >= 15 is 0 Å². The molecule has 8 nitrogen and oxygen atoms in total. The van der Waals surface area contributed by atoms with E-state index in [2.05, 4.69) is 0 Å². The third-order valence-corrected chi connectivity index (χ3v) is 0. The molecule has 0 spiro atoms. The predicted molar refractivity (Wildman–Crippen MR) is 47.0 cm³/mol. The summed E-state index contributed by atoms with van der Waals surface area (Å²) < 4.78 is 33.7. The molecule has 0 saturated carbocycles. The van der Waals surface area contributed by atoms with Crippen molar-refractivity contribution in [2.24, 2.45) is 0 Å². The maximum absolute atomic E-state index is 8.46. The zero-order valence-electron chi connectivity index (χ0n) is 6.88. The summed E-state index contributed by atoms with van der Waals surface area (Å²) in [4.78, 5) is 29.3. The smallest absolute Gasteiger partial charge is 1.00 e. The van der Waals surface area contributed by atoms with E-state index in [1.807, 2.05) is 0 Å². The van der Waals surface area contributed by atoms with Crippen molar-refractivity contribution in [3.05, 3.63) is 0 Å². The van der Waals surface area contributed by atoms with Crippen LogP contribution < -0.4 is 34.5 Å². The predicted octanol–water partition coefficient (Wildman–Crippen LogP) is -4.07. The van der Waals surface area contributed by atoms with Crippen molar-refractivity contribution in [2.45, 2.75) is 0 Å². The molecule has 0 heterocycles. The van der Waals surface area contributed by atoms with E-state index in [-0.39, 0.29) is 47.5 Å². The minimum Gasteiger partial charge on any atom is 1.00 e. The average molecular weight is 356 g/mol. The summed E-state index contributed by atoms with van der Waals surface area (Å²) in [5.41, 5.74) is 0. The van der Waals surface area contributed by atoms with Crippen molar-refractivity contribution >= 4 is 52.7 Å². The third-order valence-electron chi connectivity index (χ3n) is 0. The first-order valence-electron chi connectivity index (χ1n) is 1.51. The van der Waals surface area contributed by atoms with Gasteiger partial charge in [-0.3, -0.25) is 4.57 Å². The van der Waals surface area contributed by atoms with E-state index in [1.165, 1.54) is 0 Å². The summed E-state index contributed by atoms with van der Waals surface area (Å²) >= 11 is 0. The van der Waals surface area contributed by atoms with E-state index < -0.39 is 34.7 Å². The van der Waals surface area contributed by atoms with Gasteiger partial charge in [-0.25, -0.2) is 13.7 Å². The van der Waals surface area contributed by atoms with Crippen LogP contribution in [-0.2, 0) is 18.3 Å². The second-order valence-corrected chi connectivity index (χ2v) is 0.958. The maximum atomic E-state index is 8.46. The molecule has 0 bridgehead atoms. The summed E-state index contributed by atoms with van der Waals surface area (Å²) in [6.07, 6.45) is 0. The minimum atomic E-state index is -1.08. The molecule has 0 aromatic rings. The number of rotatable bonds is 0. The van der Waals surface area contributed by atoms with Crippen LogP contribution in [-0.4, -0.2) is 32.6 Å². The van der Waals surface area contributed by atoms with Gasteiger partial charge in [0.25, 0.3) is 0 Å². The van der Waals surface area contributed by atoms with Crippen molar-refractivity contribution in [3.8, 4) is 0 Å². The Morgan fingerprint density at radius 1 is 0.786 bits per heavy atom. The van der Waals surface area contributed by atoms with E-state index in [9.17, 15) is 0 Å². The molecule has 0 saturated heterocycles. The Balaban J connectivity index is -0.0000000145. The first-order chi connectivity index (χ1) is 5.66. The first kappa shape index (κ1) is 36.0. The summed E-state index contributed by atoms with van der Waals surface area (Å²) in [7, 11) is -3.58. The van der Waals surface area contributed by atoms with Crippen molar-refractivity contribution in [1.82, 2.24) is 0 Å². The second kappa shape index (κ2) is 83.8. The quantitative estimate of drug-likeness (QED) is 0.293. The van der Waals surface area contributed by atoms with Gasteiger partial charge in [-0.05, 0) is 0 Å². The largest absolute Gasteiger partial charge is 1.00 e. The fraction of sp³-hybridized carbons (Fsp3) is 0. The van der Waals surface area contributed by atoms with Crippen LogP contribution in [0.4, 0.5) is 0 Å². The molecule has 0 fully saturated rings. The Kier molecular flexibility index (Phi) is 216. The molecule has 0 aliphatic heterocycles. The van der Waals surface area contributed by atoms with Crippen LogP contribution in [0, 0.1) is 0 Å². The average Bonchev–Trinajstić information content (AvgIpc) is 1.92. The van der Waals surface area contributed by atoms with Gasteiger partial charge in [0.2, 0.25) is 0 Å². The van der Waals surface area contributed by atoms with E-state index in [4.69, 9.17) is 37.8 Å². The standard InChI is InChI=1S/AsH3.Na.4HO2P/c;;4*1-3-2/h1H3;;4*(H,1,2)/q;+1;;;;/p-1. The second-order valence-electron chi connectivity index (χ2n) is 0.319. The number of hydrogen-bond donors (Lipinski definition) is 3. The molecule has 0 rings (SSSR count). The van der Waals surface area contributed by atoms with Gasteiger partial charge >= 0.3 is 73.6 Å². The van der Waals surface area contributed by atoms with Crippen molar-refractivity contribution < 1.29 is 67.4 Å². The zero-order chi connectivity index (χ0) is 10.8.